The van der Waals surface area contributed by atoms with Gasteiger partial charge in [-0.25, -0.2) is 0 Å². The summed E-state index contributed by atoms with van der Waals surface area (Å²) < 4.78 is 5.77. The molecule has 0 amide bonds. The molecule has 0 fully saturated rings. The van der Waals surface area contributed by atoms with Gasteiger partial charge in [0, 0.05) is 0 Å². The molecule has 1 atom stereocenters. The highest BCUT2D eigenvalue weighted by Gasteiger charge is 2.09. The number of aliphatic hydroxyl groups is 1. The van der Waals surface area contributed by atoms with Crippen LogP contribution in [0.25, 0.3) is 0 Å². The van der Waals surface area contributed by atoms with E-state index in [9.17, 15) is 5.11 Å². The van der Waals surface area contributed by atoms with Crippen molar-refractivity contribution in [1.29, 1.82) is 0 Å². The molecule has 0 saturated carbocycles. The van der Waals surface area contributed by atoms with E-state index in [4.69, 9.17) is 4.74 Å². The summed E-state index contributed by atoms with van der Waals surface area (Å²) in [7, 11) is 0. The van der Waals surface area contributed by atoms with Crippen LogP contribution in [0.1, 0.15) is 43.1 Å². The smallest absolute Gasteiger partial charge is 0.122 e. The molecule has 0 aliphatic rings. The molecule has 2 aromatic rings. The predicted molar refractivity (Wildman–Crippen MR) is 86.7 cm³/mol. The SMILES string of the molecule is CCCc1ccc(C(O)COc2ccccc2CC)cc1. The summed E-state index contributed by atoms with van der Waals surface area (Å²) >= 11 is 0. The molecule has 2 aromatic carbocycles. The van der Waals surface area contributed by atoms with Crippen LogP contribution >= 0.6 is 0 Å². The quantitative estimate of drug-likeness (QED) is 0.820. The van der Waals surface area contributed by atoms with E-state index in [1.807, 2.05) is 30.3 Å². The Bertz CT molecular complexity index is 546. The molecule has 0 bridgehead atoms. The molecule has 112 valence electrons. The van der Waals surface area contributed by atoms with Gasteiger partial charge >= 0.3 is 0 Å². The van der Waals surface area contributed by atoms with Crippen LogP contribution in [0.15, 0.2) is 48.5 Å². The normalized spacial score (nSPS) is 12.1. The number of aryl methyl sites for hydroxylation is 2. The fourth-order valence-electron chi connectivity index (χ4n) is 2.40. The van der Waals surface area contributed by atoms with E-state index >= 15 is 0 Å². The summed E-state index contributed by atoms with van der Waals surface area (Å²) in [6.45, 7) is 4.55. The van der Waals surface area contributed by atoms with Crippen LogP contribution in [0.2, 0.25) is 0 Å². The lowest BCUT2D eigenvalue weighted by Gasteiger charge is -2.15. The maximum atomic E-state index is 10.2. The first-order valence-corrected chi connectivity index (χ1v) is 7.72. The van der Waals surface area contributed by atoms with Crippen molar-refractivity contribution in [3.8, 4) is 5.75 Å². The molecule has 0 aliphatic heterocycles. The molecular formula is C19H24O2. The van der Waals surface area contributed by atoms with Gasteiger partial charge in [-0.15, -0.1) is 0 Å². The summed E-state index contributed by atoms with van der Waals surface area (Å²) in [5.41, 5.74) is 3.39. The van der Waals surface area contributed by atoms with Gasteiger partial charge in [-0.2, -0.15) is 0 Å². The zero-order valence-corrected chi connectivity index (χ0v) is 12.9. The fraction of sp³-hybridized carbons (Fsp3) is 0.368. The summed E-state index contributed by atoms with van der Waals surface area (Å²) in [5, 5.41) is 10.2. The average Bonchev–Trinajstić information content (AvgIpc) is 2.54. The number of ether oxygens (including phenoxy) is 1. The van der Waals surface area contributed by atoms with Gasteiger partial charge in [-0.05, 0) is 35.6 Å². The van der Waals surface area contributed by atoms with Gasteiger partial charge in [0.05, 0.1) is 0 Å². The van der Waals surface area contributed by atoms with Crippen LogP contribution in [0.5, 0.6) is 5.75 Å². The maximum absolute atomic E-state index is 10.2. The minimum Gasteiger partial charge on any atom is -0.490 e. The number of rotatable bonds is 7. The highest BCUT2D eigenvalue weighted by Crippen LogP contribution is 2.21. The molecule has 1 N–H and O–H groups in total. The van der Waals surface area contributed by atoms with Crippen LogP contribution in [-0.2, 0) is 12.8 Å². The van der Waals surface area contributed by atoms with E-state index in [0.717, 1.165) is 30.6 Å². The summed E-state index contributed by atoms with van der Waals surface area (Å²) in [4.78, 5) is 0. The first-order valence-electron chi connectivity index (χ1n) is 7.72. The lowest BCUT2D eigenvalue weighted by molar-refractivity contribution is 0.107. The minimum atomic E-state index is -0.592. The third-order valence-corrected chi connectivity index (χ3v) is 3.65. The van der Waals surface area contributed by atoms with Crippen molar-refractivity contribution in [2.45, 2.75) is 39.2 Å². The van der Waals surface area contributed by atoms with Crippen LogP contribution in [0.3, 0.4) is 0 Å². The Hall–Kier alpha value is -1.80. The first-order chi connectivity index (χ1) is 10.2. The zero-order valence-electron chi connectivity index (χ0n) is 12.9. The number of aliphatic hydroxyl groups excluding tert-OH is 1. The third-order valence-electron chi connectivity index (χ3n) is 3.65. The van der Waals surface area contributed by atoms with E-state index in [1.54, 1.807) is 0 Å². The van der Waals surface area contributed by atoms with Gasteiger partial charge in [0.15, 0.2) is 0 Å². The van der Waals surface area contributed by atoms with Gasteiger partial charge in [0.25, 0.3) is 0 Å². The molecule has 0 radical (unpaired) electrons. The second-order valence-corrected chi connectivity index (χ2v) is 5.28. The van der Waals surface area contributed by atoms with Crippen molar-refractivity contribution in [2.24, 2.45) is 0 Å². The molecule has 0 aliphatic carbocycles. The Kier molecular flexibility index (Phi) is 5.82. The first kappa shape index (κ1) is 15.6. The van der Waals surface area contributed by atoms with E-state index in [0.29, 0.717) is 0 Å². The predicted octanol–water partition coefficient (Wildman–Crippen LogP) is 4.31. The fourth-order valence-corrected chi connectivity index (χ4v) is 2.40. The van der Waals surface area contributed by atoms with Gasteiger partial charge in [0.2, 0.25) is 0 Å². The maximum Gasteiger partial charge on any atom is 0.122 e. The second-order valence-electron chi connectivity index (χ2n) is 5.28. The third kappa shape index (κ3) is 4.33. The van der Waals surface area contributed by atoms with Crippen molar-refractivity contribution < 1.29 is 9.84 Å². The lowest BCUT2D eigenvalue weighted by atomic mass is 10.0. The molecule has 1 unspecified atom stereocenters. The van der Waals surface area contributed by atoms with Crippen molar-refractivity contribution in [1.82, 2.24) is 0 Å². The van der Waals surface area contributed by atoms with Gasteiger partial charge in [0.1, 0.15) is 18.5 Å². The molecule has 2 heteroatoms. The van der Waals surface area contributed by atoms with E-state index in [1.165, 1.54) is 11.1 Å². The van der Waals surface area contributed by atoms with Gasteiger partial charge < -0.3 is 9.84 Å². The van der Waals surface area contributed by atoms with Crippen LogP contribution in [-0.4, -0.2) is 11.7 Å². The van der Waals surface area contributed by atoms with Crippen LogP contribution in [0, 0.1) is 0 Å². The van der Waals surface area contributed by atoms with E-state index in [-0.39, 0.29) is 6.61 Å². The molecule has 0 heterocycles. The highest BCUT2D eigenvalue weighted by molar-refractivity contribution is 5.33. The molecule has 2 nitrogen and oxygen atoms in total. The molecular weight excluding hydrogens is 260 g/mol. The largest absolute Gasteiger partial charge is 0.490 e. The van der Waals surface area contributed by atoms with E-state index < -0.39 is 6.10 Å². The monoisotopic (exact) mass is 284 g/mol. The molecule has 0 aromatic heterocycles. The Morgan fingerprint density at radius 3 is 2.38 bits per heavy atom. The average molecular weight is 284 g/mol. The number of hydrogen-bond donors (Lipinski definition) is 1. The summed E-state index contributed by atoms with van der Waals surface area (Å²) in [6, 6.07) is 16.1. The standard InChI is InChI=1S/C19H24O2/c1-3-7-15-10-12-17(13-11-15)18(20)14-21-19-9-6-5-8-16(19)4-2/h5-6,8-13,18,20H,3-4,7,14H2,1-2H3. The Morgan fingerprint density at radius 2 is 1.71 bits per heavy atom. The lowest BCUT2D eigenvalue weighted by Crippen LogP contribution is -2.10. The van der Waals surface area contributed by atoms with Gasteiger partial charge in [-0.1, -0.05) is 62.7 Å². The minimum absolute atomic E-state index is 0.282. The van der Waals surface area contributed by atoms with Crippen molar-refractivity contribution in [3.63, 3.8) is 0 Å². The summed E-state index contributed by atoms with van der Waals surface area (Å²) in [6.07, 6.45) is 2.55. The molecule has 0 saturated heterocycles. The van der Waals surface area contributed by atoms with Crippen LogP contribution < -0.4 is 4.74 Å². The van der Waals surface area contributed by atoms with Crippen molar-refractivity contribution in [2.75, 3.05) is 6.61 Å². The van der Waals surface area contributed by atoms with Crippen molar-refractivity contribution >= 4 is 0 Å². The van der Waals surface area contributed by atoms with Crippen molar-refractivity contribution in [3.05, 3.63) is 65.2 Å². The highest BCUT2D eigenvalue weighted by atomic mass is 16.5. The number of hydrogen-bond acceptors (Lipinski definition) is 2. The number of benzene rings is 2. The second kappa shape index (κ2) is 7.84. The number of para-hydroxylation sites is 1. The topological polar surface area (TPSA) is 29.5 Å². The Balaban J connectivity index is 1.96. The van der Waals surface area contributed by atoms with E-state index in [2.05, 4.69) is 32.0 Å². The molecule has 21 heavy (non-hydrogen) atoms. The Morgan fingerprint density at radius 1 is 1.00 bits per heavy atom. The Labute approximate surface area is 127 Å². The summed E-state index contributed by atoms with van der Waals surface area (Å²) in [5.74, 6) is 0.863. The van der Waals surface area contributed by atoms with Crippen LogP contribution in [0.4, 0.5) is 0 Å². The zero-order chi connectivity index (χ0) is 15.1. The molecule has 2 rings (SSSR count). The molecule has 0 spiro atoms. The van der Waals surface area contributed by atoms with Gasteiger partial charge in [-0.3, -0.25) is 0 Å².